The van der Waals surface area contributed by atoms with E-state index in [4.69, 9.17) is 10.5 Å². The molecular weight excluding hydrogens is 418 g/mol. The molecule has 27 heavy (non-hydrogen) atoms. The molecule has 1 aliphatic rings. The number of fused-ring (bicyclic) bond motifs is 1. The molecule has 134 valence electrons. The van der Waals surface area contributed by atoms with Gasteiger partial charge in [0.25, 0.3) is 0 Å². The van der Waals surface area contributed by atoms with Crippen LogP contribution in [0.4, 0.5) is 8.78 Å². The summed E-state index contributed by atoms with van der Waals surface area (Å²) < 4.78 is 32.8. The van der Waals surface area contributed by atoms with Gasteiger partial charge in [0, 0.05) is 5.56 Å². The molecule has 0 amide bonds. The molecule has 0 fully saturated rings. The molecular formula is C19H11BrF2N4O. The normalized spacial score (nSPS) is 15.9. The van der Waals surface area contributed by atoms with Crippen LogP contribution in [0.5, 0.6) is 5.88 Å². The molecule has 1 atom stereocenters. The molecule has 1 aliphatic heterocycles. The van der Waals surface area contributed by atoms with Crippen molar-refractivity contribution in [2.24, 2.45) is 5.73 Å². The molecule has 3 aromatic rings. The summed E-state index contributed by atoms with van der Waals surface area (Å²) in [5, 5.41) is 16.7. The van der Waals surface area contributed by atoms with Gasteiger partial charge in [-0.15, -0.1) is 5.10 Å². The van der Waals surface area contributed by atoms with Crippen molar-refractivity contribution in [3.63, 3.8) is 0 Å². The Morgan fingerprint density at radius 2 is 1.93 bits per heavy atom. The van der Waals surface area contributed by atoms with Gasteiger partial charge >= 0.3 is 0 Å². The number of nitrogens with one attached hydrogen (secondary N) is 1. The number of hydrogen-bond donors (Lipinski definition) is 2. The van der Waals surface area contributed by atoms with Crippen molar-refractivity contribution in [2.45, 2.75) is 5.92 Å². The maximum Gasteiger partial charge on any atom is 0.244 e. The average Bonchev–Trinajstić information content (AvgIpc) is 3.07. The number of H-pyrrole nitrogens is 1. The lowest BCUT2D eigenvalue weighted by molar-refractivity contribution is 0.379. The van der Waals surface area contributed by atoms with Crippen molar-refractivity contribution in [3.05, 3.63) is 81.2 Å². The van der Waals surface area contributed by atoms with Gasteiger partial charge in [0.05, 0.1) is 21.6 Å². The van der Waals surface area contributed by atoms with Gasteiger partial charge in [-0.2, -0.15) is 5.26 Å². The Morgan fingerprint density at radius 3 is 2.59 bits per heavy atom. The third-order valence-electron chi connectivity index (χ3n) is 4.35. The Kier molecular flexibility index (Phi) is 4.16. The van der Waals surface area contributed by atoms with Gasteiger partial charge in [0.15, 0.2) is 0 Å². The quantitative estimate of drug-likeness (QED) is 0.635. The van der Waals surface area contributed by atoms with E-state index < -0.39 is 11.7 Å². The van der Waals surface area contributed by atoms with Crippen LogP contribution in [0.25, 0.3) is 11.3 Å². The second-order valence-corrected chi connectivity index (χ2v) is 6.78. The predicted octanol–water partition coefficient (Wildman–Crippen LogP) is 4.34. The van der Waals surface area contributed by atoms with Crippen LogP contribution in [0.2, 0.25) is 0 Å². The maximum absolute atomic E-state index is 13.7. The molecule has 0 unspecified atom stereocenters. The zero-order chi connectivity index (χ0) is 19.1. The van der Waals surface area contributed by atoms with Crippen molar-refractivity contribution < 1.29 is 13.5 Å². The smallest absolute Gasteiger partial charge is 0.244 e. The fourth-order valence-electron chi connectivity index (χ4n) is 3.11. The van der Waals surface area contributed by atoms with Crippen molar-refractivity contribution in [1.29, 1.82) is 5.26 Å². The highest BCUT2D eigenvalue weighted by Gasteiger charge is 2.35. The first-order valence-electron chi connectivity index (χ1n) is 7.86. The zero-order valence-corrected chi connectivity index (χ0v) is 15.2. The van der Waals surface area contributed by atoms with E-state index >= 15 is 0 Å². The summed E-state index contributed by atoms with van der Waals surface area (Å²) in [6.45, 7) is 0. The largest absolute Gasteiger partial charge is 0.420 e. The standard InChI is InChI=1S/C19H11BrF2N4O/c20-13-7-10(3-6-14(13)22)15-12(8-23)18(24)27-19-16(15)17(25-26-19)9-1-4-11(21)5-2-9/h1-7,15H,24H2,(H,25,26)/t15-/m0/s1. The highest BCUT2D eigenvalue weighted by atomic mass is 79.9. The Balaban J connectivity index is 1.95. The van der Waals surface area contributed by atoms with Crippen LogP contribution < -0.4 is 10.5 Å². The highest BCUT2D eigenvalue weighted by Crippen LogP contribution is 2.46. The summed E-state index contributed by atoms with van der Waals surface area (Å²) in [4.78, 5) is 0. The number of benzene rings is 2. The second-order valence-electron chi connectivity index (χ2n) is 5.92. The van der Waals surface area contributed by atoms with Crippen LogP contribution in [0.3, 0.4) is 0 Å². The molecule has 5 nitrogen and oxygen atoms in total. The molecule has 4 rings (SSSR count). The van der Waals surface area contributed by atoms with Crippen LogP contribution >= 0.6 is 15.9 Å². The van der Waals surface area contributed by atoms with E-state index in [-0.39, 0.29) is 27.6 Å². The molecule has 0 bridgehead atoms. The highest BCUT2D eigenvalue weighted by molar-refractivity contribution is 9.10. The number of aromatic nitrogens is 2. The topological polar surface area (TPSA) is 87.7 Å². The SMILES string of the molecule is N#CC1=C(N)Oc2n[nH]c(-c3ccc(F)cc3)c2[C@H]1c1ccc(F)c(Br)c1. The molecule has 8 heteroatoms. The molecule has 0 saturated heterocycles. The van der Waals surface area contributed by atoms with Crippen molar-refractivity contribution >= 4 is 15.9 Å². The van der Waals surface area contributed by atoms with Gasteiger partial charge in [-0.25, -0.2) is 8.78 Å². The van der Waals surface area contributed by atoms with Crippen molar-refractivity contribution in [3.8, 4) is 23.2 Å². The van der Waals surface area contributed by atoms with Crippen molar-refractivity contribution in [1.82, 2.24) is 10.2 Å². The summed E-state index contributed by atoms with van der Waals surface area (Å²) in [5.41, 5.74) is 8.54. The first-order chi connectivity index (χ1) is 13.0. The second kappa shape index (κ2) is 6.52. The molecule has 0 saturated carbocycles. The lowest BCUT2D eigenvalue weighted by Gasteiger charge is -2.24. The number of rotatable bonds is 2. The molecule has 0 spiro atoms. The van der Waals surface area contributed by atoms with Gasteiger partial charge in [-0.1, -0.05) is 6.07 Å². The van der Waals surface area contributed by atoms with Gasteiger partial charge < -0.3 is 10.5 Å². The number of ether oxygens (including phenoxy) is 1. The minimum atomic E-state index is -0.616. The van der Waals surface area contributed by atoms with Crippen LogP contribution in [-0.4, -0.2) is 10.2 Å². The number of nitrogens with zero attached hydrogens (tertiary/aromatic N) is 2. The minimum Gasteiger partial charge on any atom is -0.420 e. The number of nitrogens with two attached hydrogens (primary N) is 1. The molecule has 2 heterocycles. The Bertz CT molecular complexity index is 1120. The van der Waals surface area contributed by atoms with E-state index in [1.165, 1.54) is 18.2 Å². The van der Waals surface area contributed by atoms with Crippen LogP contribution in [-0.2, 0) is 0 Å². The lowest BCUT2D eigenvalue weighted by Crippen LogP contribution is -2.21. The maximum atomic E-state index is 13.7. The van der Waals surface area contributed by atoms with Crippen LogP contribution in [0.1, 0.15) is 17.0 Å². The third kappa shape index (κ3) is 2.86. The predicted molar refractivity (Wildman–Crippen MR) is 97.4 cm³/mol. The number of halogens is 3. The van der Waals surface area contributed by atoms with Gasteiger partial charge in [0.1, 0.15) is 23.3 Å². The van der Waals surface area contributed by atoms with E-state index in [9.17, 15) is 14.0 Å². The fourth-order valence-corrected chi connectivity index (χ4v) is 3.50. The molecule has 1 aromatic heterocycles. The van der Waals surface area contributed by atoms with E-state index in [0.29, 0.717) is 22.4 Å². The summed E-state index contributed by atoms with van der Waals surface area (Å²) in [5.74, 6) is -1.25. The Labute approximate surface area is 161 Å². The summed E-state index contributed by atoms with van der Waals surface area (Å²) in [6, 6.07) is 12.4. The lowest BCUT2D eigenvalue weighted by atomic mass is 9.83. The number of hydrogen-bond acceptors (Lipinski definition) is 4. The minimum absolute atomic E-state index is 0.0624. The van der Waals surface area contributed by atoms with Crippen molar-refractivity contribution in [2.75, 3.05) is 0 Å². The molecule has 3 N–H and O–H groups in total. The third-order valence-corrected chi connectivity index (χ3v) is 4.96. The summed E-state index contributed by atoms with van der Waals surface area (Å²) in [7, 11) is 0. The van der Waals surface area contributed by atoms with Crippen LogP contribution in [0, 0.1) is 23.0 Å². The van der Waals surface area contributed by atoms with Crippen LogP contribution in [0.15, 0.2) is 58.4 Å². The fraction of sp³-hybridized carbons (Fsp3) is 0.0526. The molecule has 0 aliphatic carbocycles. The van der Waals surface area contributed by atoms with E-state index in [1.807, 2.05) is 0 Å². The van der Waals surface area contributed by atoms with Gasteiger partial charge in [-0.3, -0.25) is 5.10 Å². The first-order valence-corrected chi connectivity index (χ1v) is 8.65. The number of allylic oxidation sites excluding steroid dienone is 1. The number of aromatic amines is 1. The summed E-state index contributed by atoms with van der Waals surface area (Å²) >= 11 is 3.17. The average molecular weight is 429 g/mol. The van der Waals surface area contributed by atoms with E-state index in [0.717, 1.165) is 0 Å². The van der Waals surface area contributed by atoms with E-state index in [2.05, 4.69) is 32.2 Å². The summed E-state index contributed by atoms with van der Waals surface area (Å²) in [6.07, 6.45) is 0. The molecule has 2 aromatic carbocycles. The molecule has 0 radical (unpaired) electrons. The Hall–Kier alpha value is -3.18. The monoisotopic (exact) mass is 428 g/mol. The van der Waals surface area contributed by atoms with Gasteiger partial charge in [-0.05, 0) is 57.9 Å². The number of nitriles is 1. The first kappa shape index (κ1) is 17.2. The van der Waals surface area contributed by atoms with Gasteiger partial charge in [0.2, 0.25) is 11.8 Å². The van der Waals surface area contributed by atoms with E-state index in [1.54, 1.807) is 24.3 Å². The zero-order valence-electron chi connectivity index (χ0n) is 13.6. The Morgan fingerprint density at radius 1 is 1.19 bits per heavy atom.